The van der Waals surface area contributed by atoms with E-state index in [0.29, 0.717) is 113 Å². The van der Waals surface area contributed by atoms with Gasteiger partial charge >= 0.3 is 0 Å². The van der Waals surface area contributed by atoms with Crippen molar-refractivity contribution in [2.45, 2.75) is 58.7 Å². The second kappa shape index (κ2) is 25.9. The maximum Gasteiger partial charge on any atom is 0.255 e. The number of aromatic nitrogens is 6. The fourth-order valence-corrected chi connectivity index (χ4v) is 5.30. The second-order valence-electron chi connectivity index (χ2n) is 12.7. The Morgan fingerprint density at radius 3 is 2.25 bits per heavy atom. The summed E-state index contributed by atoms with van der Waals surface area (Å²) in [7, 11) is 3.15. The molecule has 296 valence electrons. The summed E-state index contributed by atoms with van der Waals surface area (Å²) in [6.45, 7) is 16.4. The smallest absolute Gasteiger partial charge is 0.255 e. The van der Waals surface area contributed by atoms with Gasteiger partial charge in [-0.15, -0.1) is 11.7 Å². The molecule has 1 saturated heterocycles. The molecule has 3 N–H and O–H groups in total. The Morgan fingerprint density at radius 2 is 1.62 bits per heavy atom. The van der Waals surface area contributed by atoms with Crippen molar-refractivity contribution in [2.24, 2.45) is 5.92 Å². The van der Waals surface area contributed by atoms with Crippen LogP contribution >= 0.6 is 0 Å². The summed E-state index contributed by atoms with van der Waals surface area (Å²) < 4.78 is 34.2. The molecule has 1 fully saturated rings. The number of benzene rings is 1. The molecule has 1 aliphatic heterocycles. The first-order chi connectivity index (χ1) is 25.8. The summed E-state index contributed by atoms with van der Waals surface area (Å²) in [5.41, 5.74) is 2.62. The minimum atomic E-state index is -0.155. The molecule has 2 amide bonds. The van der Waals surface area contributed by atoms with Gasteiger partial charge in [0.05, 0.1) is 84.9 Å². The molecule has 0 saturated carbocycles. The third-order valence-electron chi connectivity index (χ3n) is 8.26. The number of H-pyrrole nitrogens is 1. The summed E-state index contributed by atoms with van der Waals surface area (Å²) in [6, 6.07) is 3.77. The van der Waals surface area contributed by atoms with E-state index in [0.717, 1.165) is 44.6 Å². The molecular weight excluding hydrogens is 686 g/mol. The van der Waals surface area contributed by atoms with Gasteiger partial charge in [0, 0.05) is 45.2 Å². The Kier molecular flexibility index (Phi) is 21.2. The number of carbonyl (C=O) groups excluding carboxylic acids is 2. The van der Waals surface area contributed by atoms with E-state index in [1.165, 1.54) is 0 Å². The number of hydrogen-bond acceptors (Lipinski definition) is 13. The number of nitrogens with zero attached hydrogens (tertiary/aromatic N) is 6. The standard InChI is InChI=1S/C20H38N4O6.C16H21N5O2/c1-18(2)4-6-24-16-19(22-23-24)17-30-15-14-29-13-12-28-11-10-27-9-8-26-7-5-20(25)21-3;1-3-6-21-7-4-5-11(21)10-17-16(22)12-8-13-14(19-20-18-13)9-15(12)23-2/h16,18H,4-15,17H2,1-3H3,(H,21,25);3,8-9,11H,1,4-7,10H2,2H3,(H,17,22)(H,18,19,20). The maximum absolute atomic E-state index is 12.5. The molecule has 1 unspecified atom stereocenters. The number of aromatic amines is 1. The van der Waals surface area contributed by atoms with Crippen molar-refractivity contribution in [1.82, 2.24) is 45.9 Å². The molecule has 0 bridgehead atoms. The monoisotopic (exact) mass is 745 g/mol. The third kappa shape index (κ3) is 17.1. The van der Waals surface area contributed by atoms with E-state index in [1.54, 1.807) is 26.3 Å². The predicted octanol–water partition coefficient (Wildman–Crippen LogP) is 2.39. The molecule has 0 spiro atoms. The number of aryl methyl sites for hydroxylation is 1. The Hall–Kier alpha value is -4.00. The number of nitrogens with one attached hydrogen (secondary N) is 3. The second-order valence-corrected chi connectivity index (χ2v) is 12.7. The Morgan fingerprint density at radius 1 is 0.981 bits per heavy atom. The number of methoxy groups -OCH3 is 1. The molecular formula is C36H59N9O8. The topological polar surface area (TPSA) is 189 Å². The number of carbonyl (C=O) groups is 2. The zero-order valence-electron chi connectivity index (χ0n) is 31.8. The third-order valence-corrected chi connectivity index (χ3v) is 8.26. The van der Waals surface area contributed by atoms with Crippen LogP contribution in [0.2, 0.25) is 0 Å². The summed E-state index contributed by atoms with van der Waals surface area (Å²) in [5, 5.41) is 24.3. The number of fused-ring (bicyclic) bond motifs is 1. The summed E-state index contributed by atoms with van der Waals surface area (Å²) in [4.78, 5) is 25.8. The molecule has 3 aromatic rings. The molecule has 3 heterocycles. The van der Waals surface area contributed by atoms with E-state index >= 15 is 0 Å². The molecule has 1 aromatic carbocycles. The fourth-order valence-electron chi connectivity index (χ4n) is 5.30. The molecule has 53 heavy (non-hydrogen) atoms. The highest BCUT2D eigenvalue weighted by atomic mass is 16.6. The van der Waals surface area contributed by atoms with Crippen LogP contribution in [-0.4, -0.2) is 146 Å². The lowest BCUT2D eigenvalue weighted by molar-refractivity contribution is -0.121. The van der Waals surface area contributed by atoms with Crippen LogP contribution in [0.25, 0.3) is 11.0 Å². The number of hydrogen-bond donors (Lipinski definition) is 3. The number of amides is 2. The SMILES string of the molecule is C=CCN1CCCC1CNC(=O)c1cc2n[nH]nc2cc1OC.CNC(=O)CCOCCOCCOCCOCCOCc1cn(CCC(C)C)nn1. The molecule has 17 heteroatoms. The van der Waals surface area contributed by atoms with E-state index in [2.05, 4.69) is 61.7 Å². The first kappa shape index (κ1) is 43.4. The van der Waals surface area contributed by atoms with Gasteiger partial charge in [-0.25, -0.2) is 0 Å². The highest BCUT2D eigenvalue weighted by Gasteiger charge is 2.24. The summed E-state index contributed by atoms with van der Waals surface area (Å²) >= 11 is 0. The largest absolute Gasteiger partial charge is 0.496 e. The Bertz CT molecular complexity index is 1470. The van der Waals surface area contributed by atoms with Gasteiger partial charge in [-0.3, -0.25) is 19.2 Å². The quantitative estimate of drug-likeness (QED) is 0.0804. The van der Waals surface area contributed by atoms with Crippen molar-refractivity contribution < 1.29 is 38.0 Å². The van der Waals surface area contributed by atoms with Gasteiger partial charge in [0.1, 0.15) is 22.5 Å². The van der Waals surface area contributed by atoms with Crippen molar-refractivity contribution in [3.63, 3.8) is 0 Å². The highest BCUT2D eigenvalue weighted by molar-refractivity contribution is 6.00. The lowest BCUT2D eigenvalue weighted by Gasteiger charge is -2.23. The van der Waals surface area contributed by atoms with Gasteiger partial charge in [-0.1, -0.05) is 25.1 Å². The van der Waals surface area contributed by atoms with Crippen LogP contribution in [0.5, 0.6) is 5.75 Å². The zero-order valence-corrected chi connectivity index (χ0v) is 31.8. The Balaban J connectivity index is 0.000000294. The van der Waals surface area contributed by atoms with E-state index in [4.69, 9.17) is 28.4 Å². The fraction of sp³-hybridized carbons (Fsp3) is 0.667. The number of rotatable bonds is 26. The van der Waals surface area contributed by atoms with Gasteiger partial charge < -0.3 is 39.1 Å². The van der Waals surface area contributed by atoms with Crippen molar-refractivity contribution in [3.8, 4) is 5.75 Å². The van der Waals surface area contributed by atoms with Crippen LogP contribution in [0.3, 0.4) is 0 Å². The van der Waals surface area contributed by atoms with E-state index < -0.39 is 0 Å². The van der Waals surface area contributed by atoms with Crippen LogP contribution < -0.4 is 15.4 Å². The molecule has 0 aliphatic carbocycles. The van der Waals surface area contributed by atoms with Gasteiger partial charge in [-0.05, 0) is 37.8 Å². The van der Waals surface area contributed by atoms with Crippen molar-refractivity contribution in [3.05, 3.63) is 42.2 Å². The van der Waals surface area contributed by atoms with Crippen molar-refractivity contribution >= 4 is 22.8 Å². The first-order valence-corrected chi connectivity index (χ1v) is 18.3. The van der Waals surface area contributed by atoms with Crippen LogP contribution in [-0.2, 0) is 41.6 Å². The van der Waals surface area contributed by atoms with Gasteiger partial charge in [0.25, 0.3) is 5.91 Å². The lowest BCUT2D eigenvalue weighted by Crippen LogP contribution is -2.40. The van der Waals surface area contributed by atoms with Crippen molar-refractivity contribution in [2.75, 3.05) is 93.3 Å². The summed E-state index contributed by atoms with van der Waals surface area (Å²) in [6.07, 6.45) is 7.53. The normalized spacial score (nSPS) is 14.3. The van der Waals surface area contributed by atoms with E-state index in [-0.39, 0.29) is 11.8 Å². The van der Waals surface area contributed by atoms with Crippen LogP contribution in [0, 0.1) is 5.92 Å². The van der Waals surface area contributed by atoms with Crippen LogP contribution in [0.4, 0.5) is 0 Å². The molecule has 2 aromatic heterocycles. The highest BCUT2D eigenvalue weighted by Crippen LogP contribution is 2.24. The Labute approximate surface area is 312 Å². The average Bonchev–Trinajstić information content (AvgIpc) is 3.94. The molecule has 0 radical (unpaired) electrons. The number of likely N-dealkylation sites (tertiary alicyclic amines) is 1. The molecule has 4 rings (SSSR count). The summed E-state index contributed by atoms with van der Waals surface area (Å²) in [5.74, 6) is 0.963. The minimum absolute atomic E-state index is 0.0281. The lowest BCUT2D eigenvalue weighted by atomic mass is 10.1. The van der Waals surface area contributed by atoms with Gasteiger partial charge in [0.15, 0.2) is 0 Å². The minimum Gasteiger partial charge on any atom is -0.496 e. The zero-order chi connectivity index (χ0) is 38.1. The van der Waals surface area contributed by atoms with Crippen LogP contribution in [0.15, 0.2) is 31.0 Å². The van der Waals surface area contributed by atoms with Crippen molar-refractivity contribution in [1.29, 1.82) is 0 Å². The molecule has 1 aliphatic rings. The molecule has 17 nitrogen and oxygen atoms in total. The average molecular weight is 746 g/mol. The van der Waals surface area contributed by atoms with E-state index in [9.17, 15) is 9.59 Å². The number of ether oxygens (including phenoxy) is 6. The first-order valence-electron chi connectivity index (χ1n) is 18.3. The maximum atomic E-state index is 12.5. The van der Waals surface area contributed by atoms with E-state index in [1.807, 2.05) is 17.0 Å². The van der Waals surface area contributed by atoms with Gasteiger partial charge in [-0.2, -0.15) is 15.4 Å². The van der Waals surface area contributed by atoms with Crippen LogP contribution in [0.1, 0.15) is 55.6 Å². The molecule has 1 atom stereocenters. The van der Waals surface area contributed by atoms with Gasteiger partial charge in [0.2, 0.25) is 5.91 Å². The predicted molar refractivity (Wildman–Crippen MR) is 199 cm³/mol.